The van der Waals surface area contributed by atoms with Crippen molar-refractivity contribution in [3.05, 3.63) is 70.5 Å². The SMILES string of the molecule is Cc1nnc(N2N=C(c3nc(F)ccc3F)SC2(CCCN)c2ccccc2)s1. The van der Waals surface area contributed by atoms with Crippen molar-refractivity contribution in [3.63, 3.8) is 0 Å². The van der Waals surface area contributed by atoms with E-state index in [0.717, 1.165) is 22.7 Å². The molecule has 150 valence electrons. The van der Waals surface area contributed by atoms with Crippen molar-refractivity contribution in [2.24, 2.45) is 10.8 Å². The fourth-order valence-corrected chi connectivity index (χ4v) is 5.32. The third-order valence-corrected chi connectivity index (χ3v) is 6.69. The maximum Gasteiger partial charge on any atom is 0.230 e. The lowest BCUT2D eigenvalue weighted by Gasteiger charge is -2.35. The zero-order valence-corrected chi connectivity index (χ0v) is 17.2. The summed E-state index contributed by atoms with van der Waals surface area (Å²) in [6, 6.07) is 11.8. The van der Waals surface area contributed by atoms with E-state index in [1.54, 1.807) is 5.01 Å². The first kappa shape index (κ1) is 19.9. The number of aromatic nitrogens is 3. The lowest BCUT2D eigenvalue weighted by Crippen LogP contribution is -2.38. The zero-order chi connectivity index (χ0) is 20.4. The Balaban J connectivity index is 1.88. The van der Waals surface area contributed by atoms with E-state index in [-0.39, 0.29) is 10.7 Å². The summed E-state index contributed by atoms with van der Waals surface area (Å²) in [5.74, 6) is -1.39. The monoisotopic (exact) mass is 432 g/mol. The molecule has 4 rings (SSSR count). The quantitative estimate of drug-likeness (QED) is 0.593. The molecule has 3 heterocycles. The normalized spacial score (nSPS) is 18.9. The van der Waals surface area contributed by atoms with Gasteiger partial charge in [0, 0.05) is 0 Å². The summed E-state index contributed by atoms with van der Waals surface area (Å²) < 4.78 is 28.2. The second kappa shape index (κ2) is 8.13. The van der Waals surface area contributed by atoms with Gasteiger partial charge in [-0.15, -0.1) is 10.2 Å². The highest BCUT2D eigenvalue weighted by molar-refractivity contribution is 8.15. The Bertz CT molecular complexity index is 1040. The number of anilines is 1. The molecule has 10 heteroatoms. The number of nitrogens with two attached hydrogens (primary N) is 1. The molecule has 0 saturated heterocycles. The van der Waals surface area contributed by atoms with Crippen LogP contribution in [-0.2, 0) is 4.87 Å². The van der Waals surface area contributed by atoms with Gasteiger partial charge in [-0.2, -0.15) is 9.49 Å². The van der Waals surface area contributed by atoms with Gasteiger partial charge in [0.1, 0.15) is 20.6 Å². The molecule has 1 unspecified atom stereocenters. The van der Waals surface area contributed by atoms with E-state index < -0.39 is 16.6 Å². The van der Waals surface area contributed by atoms with E-state index in [1.165, 1.54) is 23.1 Å². The molecule has 0 radical (unpaired) electrons. The van der Waals surface area contributed by atoms with Gasteiger partial charge in [0.05, 0.1) is 0 Å². The van der Waals surface area contributed by atoms with Crippen molar-refractivity contribution in [1.29, 1.82) is 0 Å². The number of hydrogen-bond donors (Lipinski definition) is 1. The average molecular weight is 433 g/mol. The summed E-state index contributed by atoms with van der Waals surface area (Å²) in [5.41, 5.74) is 6.65. The number of pyridine rings is 1. The van der Waals surface area contributed by atoms with Crippen molar-refractivity contribution in [3.8, 4) is 0 Å². The molecule has 29 heavy (non-hydrogen) atoms. The highest BCUT2D eigenvalue weighted by Crippen LogP contribution is 2.52. The smallest absolute Gasteiger partial charge is 0.230 e. The Morgan fingerprint density at radius 3 is 2.59 bits per heavy atom. The molecular formula is C19H18F2N6S2. The average Bonchev–Trinajstić information content (AvgIpc) is 3.33. The van der Waals surface area contributed by atoms with Gasteiger partial charge in [0.2, 0.25) is 11.1 Å². The number of hydrogen-bond acceptors (Lipinski definition) is 8. The van der Waals surface area contributed by atoms with Crippen LogP contribution in [0.5, 0.6) is 0 Å². The van der Waals surface area contributed by atoms with E-state index in [1.807, 2.05) is 37.3 Å². The van der Waals surface area contributed by atoms with Crippen molar-refractivity contribution in [2.45, 2.75) is 24.6 Å². The second-order valence-corrected chi connectivity index (χ2v) is 8.86. The number of benzene rings is 1. The minimum atomic E-state index is -0.762. The van der Waals surface area contributed by atoms with Crippen LogP contribution in [0, 0.1) is 18.7 Å². The lowest BCUT2D eigenvalue weighted by atomic mass is 10.0. The molecule has 0 aliphatic carbocycles. The number of nitrogens with zero attached hydrogens (tertiary/aromatic N) is 5. The Morgan fingerprint density at radius 1 is 1.10 bits per heavy atom. The van der Waals surface area contributed by atoms with Crippen LogP contribution in [0.15, 0.2) is 47.6 Å². The van der Waals surface area contributed by atoms with Gasteiger partial charge in [-0.05, 0) is 44.0 Å². The van der Waals surface area contributed by atoms with Crippen LogP contribution in [0.4, 0.5) is 13.9 Å². The molecule has 6 nitrogen and oxygen atoms in total. The predicted octanol–water partition coefficient (Wildman–Crippen LogP) is 4.03. The summed E-state index contributed by atoms with van der Waals surface area (Å²) in [4.78, 5) is 3.03. The van der Waals surface area contributed by atoms with Gasteiger partial charge in [0.25, 0.3) is 0 Å². The first-order valence-electron chi connectivity index (χ1n) is 8.99. The first-order chi connectivity index (χ1) is 14.0. The topological polar surface area (TPSA) is 80.3 Å². The van der Waals surface area contributed by atoms with Crippen molar-refractivity contribution in [1.82, 2.24) is 15.2 Å². The van der Waals surface area contributed by atoms with Crippen LogP contribution in [0.3, 0.4) is 0 Å². The van der Waals surface area contributed by atoms with Gasteiger partial charge in [-0.25, -0.2) is 14.4 Å². The van der Waals surface area contributed by atoms with Crippen LogP contribution < -0.4 is 10.7 Å². The van der Waals surface area contributed by atoms with Gasteiger partial charge >= 0.3 is 0 Å². The highest BCUT2D eigenvalue weighted by Gasteiger charge is 2.48. The minimum absolute atomic E-state index is 0.119. The zero-order valence-electron chi connectivity index (χ0n) is 15.5. The molecule has 0 saturated carbocycles. The van der Waals surface area contributed by atoms with E-state index in [4.69, 9.17) is 5.73 Å². The fraction of sp³-hybridized carbons (Fsp3) is 0.263. The van der Waals surface area contributed by atoms with Crippen LogP contribution in [0.2, 0.25) is 0 Å². The second-order valence-electron chi connectivity index (χ2n) is 6.43. The van der Waals surface area contributed by atoms with Crippen LogP contribution in [0.25, 0.3) is 0 Å². The van der Waals surface area contributed by atoms with Crippen molar-refractivity contribution in [2.75, 3.05) is 11.6 Å². The van der Waals surface area contributed by atoms with Crippen LogP contribution >= 0.6 is 23.1 Å². The van der Waals surface area contributed by atoms with E-state index in [0.29, 0.717) is 24.5 Å². The Kier molecular flexibility index (Phi) is 5.57. The van der Waals surface area contributed by atoms with Gasteiger partial charge in [-0.1, -0.05) is 53.4 Å². The maximum atomic E-state index is 14.5. The molecule has 0 amide bonds. The van der Waals surface area contributed by atoms with Gasteiger partial charge < -0.3 is 5.73 Å². The molecule has 1 aliphatic rings. The molecule has 1 aromatic carbocycles. The Labute approximate surface area is 174 Å². The Hall–Kier alpha value is -2.43. The van der Waals surface area contributed by atoms with Crippen molar-refractivity contribution >= 4 is 33.3 Å². The molecule has 3 aromatic rings. The molecule has 1 atom stereocenters. The number of rotatable bonds is 6. The standard InChI is InChI=1S/C19H18F2N6S2/c1-12-24-25-18(28-12)27-19(10-5-11-22,13-6-3-2-4-7-13)29-17(26-27)16-14(20)8-9-15(21)23-16/h2-4,6-9H,5,10-11,22H2,1H3. The molecule has 2 N–H and O–H groups in total. The van der Waals surface area contributed by atoms with Crippen molar-refractivity contribution < 1.29 is 8.78 Å². The largest absolute Gasteiger partial charge is 0.330 e. The molecule has 2 aromatic heterocycles. The number of hydrazone groups is 1. The van der Waals surface area contributed by atoms with Gasteiger partial charge in [-0.3, -0.25) is 0 Å². The molecule has 0 fully saturated rings. The number of aryl methyl sites for hydroxylation is 1. The fourth-order valence-electron chi connectivity index (χ4n) is 3.15. The maximum absolute atomic E-state index is 14.5. The van der Waals surface area contributed by atoms with Crippen LogP contribution in [-0.4, -0.2) is 26.8 Å². The number of thioether (sulfide) groups is 1. The summed E-state index contributed by atoms with van der Waals surface area (Å²) in [6.07, 6.45) is 1.33. The van der Waals surface area contributed by atoms with Gasteiger partial charge in [0.15, 0.2) is 5.82 Å². The molecular weight excluding hydrogens is 414 g/mol. The lowest BCUT2D eigenvalue weighted by molar-refractivity contribution is 0.525. The minimum Gasteiger partial charge on any atom is -0.330 e. The summed E-state index contributed by atoms with van der Waals surface area (Å²) in [7, 11) is 0. The summed E-state index contributed by atoms with van der Waals surface area (Å²) >= 11 is 2.71. The van der Waals surface area contributed by atoms with E-state index in [9.17, 15) is 8.78 Å². The van der Waals surface area contributed by atoms with Crippen LogP contribution in [0.1, 0.15) is 29.1 Å². The summed E-state index contributed by atoms with van der Waals surface area (Å²) in [6.45, 7) is 2.34. The molecule has 1 aliphatic heterocycles. The first-order valence-corrected chi connectivity index (χ1v) is 10.6. The number of halogens is 2. The predicted molar refractivity (Wildman–Crippen MR) is 112 cm³/mol. The third kappa shape index (κ3) is 3.75. The molecule has 0 spiro atoms. The molecule has 0 bridgehead atoms. The Morgan fingerprint density at radius 2 is 1.90 bits per heavy atom. The van der Waals surface area contributed by atoms with E-state index in [2.05, 4.69) is 20.3 Å². The highest BCUT2D eigenvalue weighted by atomic mass is 32.2. The third-order valence-electron chi connectivity index (χ3n) is 4.45. The summed E-state index contributed by atoms with van der Waals surface area (Å²) in [5, 5.41) is 16.4. The van der Waals surface area contributed by atoms with E-state index >= 15 is 0 Å².